The molecule has 0 aliphatic rings. The van der Waals surface area contributed by atoms with Gasteiger partial charge in [-0.25, -0.2) is 13.6 Å². The van der Waals surface area contributed by atoms with Crippen LogP contribution in [0.3, 0.4) is 0 Å². The SMILES string of the molecule is O=C(O)c1ccc(-c2c(F)ccc(Br)c2F)c([N+](=O)[O-])c1. The highest BCUT2D eigenvalue weighted by molar-refractivity contribution is 9.10. The van der Waals surface area contributed by atoms with E-state index in [0.29, 0.717) is 0 Å². The van der Waals surface area contributed by atoms with E-state index in [4.69, 9.17) is 5.11 Å². The lowest BCUT2D eigenvalue weighted by atomic mass is 10.0. The summed E-state index contributed by atoms with van der Waals surface area (Å²) >= 11 is 2.87. The monoisotopic (exact) mass is 357 g/mol. The van der Waals surface area contributed by atoms with Crippen molar-refractivity contribution in [2.45, 2.75) is 0 Å². The minimum absolute atomic E-state index is 0.0597. The van der Waals surface area contributed by atoms with E-state index in [-0.39, 0.29) is 15.6 Å². The van der Waals surface area contributed by atoms with Crippen molar-refractivity contribution in [1.29, 1.82) is 0 Å². The van der Waals surface area contributed by atoms with Crippen LogP contribution in [0.25, 0.3) is 11.1 Å². The van der Waals surface area contributed by atoms with Gasteiger partial charge in [0.2, 0.25) is 0 Å². The first kappa shape index (κ1) is 15.0. The van der Waals surface area contributed by atoms with Crippen LogP contribution in [0.5, 0.6) is 0 Å². The average molecular weight is 358 g/mol. The summed E-state index contributed by atoms with van der Waals surface area (Å²) in [4.78, 5) is 21.0. The number of carbonyl (C=O) groups is 1. The fourth-order valence-electron chi connectivity index (χ4n) is 1.80. The Balaban J connectivity index is 2.79. The zero-order chi connectivity index (χ0) is 15.7. The standard InChI is InChI=1S/C13H6BrF2NO4/c14-8-3-4-9(15)11(12(8)16)7-2-1-6(13(18)19)5-10(7)17(20)21/h1-5H,(H,18,19). The number of nitrogens with zero attached hydrogens (tertiary/aromatic N) is 1. The minimum atomic E-state index is -1.38. The van der Waals surface area contributed by atoms with Gasteiger partial charge in [-0.1, -0.05) is 0 Å². The Morgan fingerprint density at radius 3 is 2.48 bits per heavy atom. The van der Waals surface area contributed by atoms with Crippen LogP contribution in [-0.4, -0.2) is 16.0 Å². The van der Waals surface area contributed by atoms with Gasteiger partial charge in [0.1, 0.15) is 11.6 Å². The number of hydrogen-bond donors (Lipinski definition) is 1. The third-order valence-corrected chi connectivity index (χ3v) is 3.37. The Kier molecular flexibility index (Phi) is 3.99. The van der Waals surface area contributed by atoms with Crippen LogP contribution in [0.15, 0.2) is 34.8 Å². The summed E-state index contributed by atoms with van der Waals surface area (Å²) in [6.45, 7) is 0. The number of hydrogen-bond acceptors (Lipinski definition) is 3. The number of benzene rings is 2. The first-order valence-corrected chi connectivity index (χ1v) is 6.28. The summed E-state index contributed by atoms with van der Waals surface area (Å²) in [6, 6.07) is 4.90. The molecule has 8 heteroatoms. The van der Waals surface area contributed by atoms with Crippen LogP contribution in [0.4, 0.5) is 14.5 Å². The highest BCUT2D eigenvalue weighted by Crippen LogP contribution is 2.36. The molecule has 0 atom stereocenters. The molecule has 0 saturated carbocycles. The van der Waals surface area contributed by atoms with Gasteiger partial charge in [-0.2, -0.15) is 0 Å². The van der Waals surface area contributed by atoms with Gasteiger partial charge in [-0.3, -0.25) is 10.1 Å². The lowest BCUT2D eigenvalue weighted by Gasteiger charge is -2.08. The number of rotatable bonds is 3. The third kappa shape index (κ3) is 2.75. The van der Waals surface area contributed by atoms with Gasteiger partial charge in [-0.05, 0) is 40.2 Å². The van der Waals surface area contributed by atoms with Gasteiger partial charge in [0.15, 0.2) is 0 Å². The molecule has 21 heavy (non-hydrogen) atoms. The maximum atomic E-state index is 14.0. The van der Waals surface area contributed by atoms with Crippen LogP contribution in [0.2, 0.25) is 0 Å². The van der Waals surface area contributed by atoms with Crippen LogP contribution in [-0.2, 0) is 0 Å². The average Bonchev–Trinajstić information content (AvgIpc) is 2.43. The molecule has 1 N–H and O–H groups in total. The van der Waals surface area contributed by atoms with Gasteiger partial charge in [-0.15, -0.1) is 0 Å². The zero-order valence-electron chi connectivity index (χ0n) is 10.1. The molecule has 0 spiro atoms. The van der Waals surface area contributed by atoms with Crippen molar-refractivity contribution in [3.8, 4) is 11.1 Å². The molecule has 0 amide bonds. The van der Waals surface area contributed by atoms with Crippen molar-refractivity contribution in [2.24, 2.45) is 0 Å². The predicted molar refractivity (Wildman–Crippen MR) is 73.1 cm³/mol. The maximum absolute atomic E-state index is 14.0. The van der Waals surface area contributed by atoms with Crippen LogP contribution >= 0.6 is 15.9 Å². The lowest BCUT2D eigenvalue weighted by molar-refractivity contribution is -0.384. The fraction of sp³-hybridized carbons (Fsp3) is 0. The largest absolute Gasteiger partial charge is 0.478 e. The highest BCUT2D eigenvalue weighted by atomic mass is 79.9. The second kappa shape index (κ2) is 5.57. The fourth-order valence-corrected chi connectivity index (χ4v) is 2.13. The smallest absolute Gasteiger partial charge is 0.335 e. The summed E-state index contributed by atoms with van der Waals surface area (Å²) in [6.07, 6.45) is 0. The summed E-state index contributed by atoms with van der Waals surface area (Å²) in [5.74, 6) is -3.36. The molecule has 0 unspecified atom stereocenters. The number of nitro groups is 1. The van der Waals surface area contributed by atoms with Crippen LogP contribution in [0, 0.1) is 21.7 Å². The van der Waals surface area contributed by atoms with Crippen LogP contribution in [0.1, 0.15) is 10.4 Å². The van der Waals surface area contributed by atoms with Crippen molar-refractivity contribution in [3.05, 3.63) is 62.1 Å². The van der Waals surface area contributed by atoms with E-state index in [1.165, 1.54) is 0 Å². The van der Waals surface area contributed by atoms with E-state index >= 15 is 0 Å². The minimum Gasteiger partial charge on any atom is -0.478 e. The number of halogens is 3. The van der Waals surface area contributed by atoms with Gasteiger partial charge >= 0.3 is 5.97 Å². The van der Waals surface area contributed by atoms with Gasteiger partial charge in [0.25, 0.3) is 5.69 Å². The summed E-state index contributed by atoms with van der Waals surface area (Å²) < 4.78 is 27.8. The van der Waals surface area contributed by atoms with Crippen molar-refractivity contribution in [2.75, 3.05) is 0 Å². The number of carboxylic acid groups (broad SMARTS) is 1. The Bertz CT molecular complexity index is 764. The van der Waals surface area contributed by atoms with E-state index in [1.54, 1.807) is 0 Å². The van der Waals surface area contributed by atoms with Crippen molar-refractivity contribution in [3.63, 3.8) is 0 Å². The molecule has 2 rings (SSSR count). The number of nitro benzene ring substituents is 1. The molecule has 5 nitrogen and oxygen atoms in total. The van der Waals surface area contributed by atoms with Gasteiger partial charge < -0.3 is 5.11 Å². The lowest BCUT2D eigenvalue weighted by Crippen LogP contribution is -2.01. The molecule has 0 aliphatic carbocycles. The van der Waals surface area contributed by atoms with E-state index < -0.39 is 33.8 Å². The Hall–Kier alpha value is -2.35. The van der Waals surface area contributed by atoms with Crippen molar-refractivity contribution >= 4 is 27.6 Å². The first-order chi connectivity index (χ1) is 9.82. The Labute approximate surface area is 125 Å². The highest BCUT2D eigenvalue weighted by Gasteiger charge is 2.24. The molecule has 0 heterocycles. The van der Waals surface area contributed by atoms with Crippen molar-refractivity contribution in [1.82, 2.24) is 0 Å². The predicted octanol–water partition coefficient (Wildman–Crippen LogP) is 4.00. The molecule has 108 valence electrons. The van der Waals surface area contributed by atoms with E-state index in [1.807, 2.05) is 0 Å². The molecule has 0 radical (unpaired) electrons. The maximum Gasteiger partial charge on any atom is 0.335 e. The molecule has 0 bridgehead atoms. The zero-order valence-corrected chi connectivity index (χ0v) is 11.7. The van der Waals surface area contributed by atoms with E-state index in [0.717, 1.165) is 30.3 Å². The Morgan fingerprint density at radius 1 is 1.24 bits per heavy atom. The summed E-state index contributed by atoms with van der Waals surface area (Å²) in [7, 11) is 0. The number of aromatic carboxylic acids is 1. The van der Waals surface area contributed by atoms with Gasteiger partial charge in [0.05, 0.1) is 26.1 Å². The molecular weight excluding hydrogens is 352 g/mol. The molecule has 0 fully saturated rings. The number of carboxylic acids is 1. The molecule has 0 aromatic heterocycles. The molecule has 0 aliphatic heterocycles. The molecule has 2 aromatic rings. The second-order valence-corrected chi connectivity index (χ2v) is 4.87. The molecule has 0 saturated heterocycles. The second-order valence-electron chi connectivity index (χ2n) is 4.01. The third-order valence-electron chi connectivity index (χ3n) is 2.75. The van der Waals surface area contributed by atoms with E-state index in [2.05, 4.69) is 15.9 Å². The Morgan fingerprint density at radius 2 is 1.90 bits per heavy atom. The van der Waals surface area contributed by atoms with Gasteiger partial charge in [0, 0.05) is 6.07 Å². The topological polar surface area (TPSA) is 80.4 Å². The van der Waals surface area contributed by atoms with E-state index in [9.17, 15) is 23.7 Å². The summed E-state index contributed by atoms with van der Waals surface area (Å²) in [5, 5.41) is 19.9. The normalized spacial score (nSPS) is 10.4. The van der Waals surface area contributed by atoms with Crippen molar-refractivity contribution < 1.29 is 23.6 Å². The molecular formula is C13H6BrF2NO4. The molecule has 2 aromatic carbocycles. The first-order valence-electron chi connectivity index (χ1n) is 5.48. The quantitative estimate of drug-likeness (QED) is 0.511. The summed E-state index contributed by atoms with van der Waals surface area (Å²) in [5.41, 5.74) is -1.96. The van der Waals surface area contributed by atoms with Crippen LogP contribution < -0.4 is 0 Å².